The van der Waals surface area contributed by atoms with Crippen molar-refractivity contribution in [2.45, 2.75) is 0 Å². The van der Waals surface area contributed by atoms with Crippen LogP contribution in [0.3, 0.4) is 0 Å². The van der Waals surface area contributed by atoms with Crippen molar-refractivity contribution in [2.75, 3.05) is 0 Å². The van der Waals surface area contributed by atoms with Crippen molar-refractivity contribution in [1.82, 2.24) is 14.5 Å². The van der Waals surface area contributed by atoms with Crippen LogP contribution in [0.5, 0.6) is 0 Å². The van der Waals surface area contributed by atoms with Crippen LogP contribution in [0.4, 0.5) is 0 Å². The van der Waals surface area contributed by atoms with Crippen molar-refractivity contribution in [1.29, 1.82) is 0 Å². The van der Waals surface area contributed by atoms with Crippen LogP contribution in [0, 0.1) is 0 Å². The van der Waals surface area contributed by atoms with Crippen molar-refractivity contribution in [2.24, 2.45) is 14.1 Å². The van der Waals surface area contributed by atoms with E-state index in [2.05, 4.69) is 5.32 Å². The fourth-order valence-corrected chi connectivity index (χ4v) is 4.25. The van der Waals surface area contributed by atoms with Crippen LogP contribution in [0.1, 0.15) is 11.1 Å². The number of aromatic nitrogens is 2. The summed E-state index contributed by atoms with van der Waals surface area (Å²) >= 11 is 6.21. The highest BCUT2D eigenvalue weighted by atomic mass is 35.5. The Morgan fingerprint density at radius 3 is 2.04 bits per heavy atom. The van der Waals surface area contributed by atoms with Gasteiger partial charge >= 0.3 is 0 Å². The second-order valence-electron chi connectivity index (χ2n) is 7.02. The van der Waals surface area contributed by atoms with Gasteiger partial charge in [0.05, 0.1) is 11.1 Å². The van der Waals surface area contributed by atoms with Crippen molar-refractivity contribution >= 4 is 56.4 Å². The smallest absolute Gasteiger partial charge is 0.259 e. The molecule has 0 fully saturated rings. The molecule has 2 amide bonds. The zero-order chi connectivity index (χ0) is 19.6. The number of hydrogen-bond donors (Lipinski definition) is 1. The first kappa shape index (κ1) is 16.8. The number of nitrogens with one attached hydrogen (secondary N) is 1. The molecule has 3 heterocycles. The monoisotopic (exact) mass is 389 g/mol. The number of rotatable bonds is 2. The number of fused-ring (bicyclic) bond motifs is 2. The molecule has 0 aliphatic carbocycles. The van der Waals surface area contributed by atoms with Gasteiger partial charge in [-0.1, -0.05) is 29.8 Å². The number of halogens is 1. The predicted molar refractivity (Wildman–Crippen MR) is 111 cm³/mol. The number of amides is 2. The third-order valence-electron chi connectivity index (χ3n) is 5.32. The van der Waals surface area contributed by atoms with Gasteiger partial charge in [-0.3, -0.25) is 14.9 Å². The quantitative estimate of drug-likeness (QED) is 0.529. The molecular weight excluding hydrogens is 374 g/mol. The molecule has 0 unspecified atom stereocenters. The maximum atomic E-state index is 12.8. The van der Waals surface area contributed by atoms with Gasteiger partial charge in [0, 0.05) is 64.4 Å². The summed E-state index contributed by atoms with van der Waals surface area (Å²) in [6, 6.07) is 13.4. The maximum absolute atomic E-state index is 12.8. The third kappa shape index (κ3) is 2.26. The molecule has 4 aromatic rings. The molecule has 1 aliphatic heterocycles. The van der Waals surface area contributed by atoms with E-state index < -0.39 is 0 Å². The number of hydrogen-bond acceptors (Lipinski definition) is 2. The van der Waals surface area contributed by atoms with E-state index in [4.69, 9.17) is 11.6 Å². The second kappa shape index (κ2) is 5.84. The van der Waals surface area contributed by atoms with E-state index in [0.717, 1.165) is 27.4 Å². The van der Waals surface area contributed by atoms with Gasteiger partial charge in [-0.15, -0.1) is 0 Å². The first-order valence-corrected chi connectivity index (χ1v) is 9.23. The van der Waals surface area contributed by atoms with Crippen molar-refractivity contribution in [3.05, 3.63) is 71.0 Å². The number of benzene rings is 2. The first-order chi connectivity index (χ1) is 13.5. The maximum Gasteiger partial charge on any atom is 0.259 e. The summed E-state index contributed by atoms with van der Waals surface area (Å²) in [4.78, 5) is 25.6. The number of carbonyl (C=O) groups excluding carboxylic acids is 2. The lowest BCUT2D eigenvalue weighted by Gasteiger charge is -2.03. The predicted octanol–water partition coefficient (Wildman–Crippen LogP) is 3.89. The third-order valence-corrected chi connectivity index (χ3v) is 5.55. The molecule has 0 atom stereocenters. The zero-order valence-electron chi connectivity index (χ0n) is 15.3. The largest absolute Gasteiger partial charge is 0.350 e. The van der Waals surface area contributed by atoms with Crippen LogP contribution in [-0.4, -0.2) is 20.9 Å². The fraction of sp³-hybridized carbons (Fsp3) is 0.0909. The Kier molecular flexibility index (Phi) is 3.51. The molecule has 138 valence electrons. The van der Waals surface area contributed by atoms with E-state index in [1.54, 1.807) is 0 Å². The van der Waals surface area contributed by atoms with Crippen LogP contribution < -0.4 is 5.32 Å². The van der Waals surface area contributed by atoms with Gasteiger partial charge in [0.25, 0.3) is 11.8 Å². The summed E-state index contributed by atoms with van der Waals surface area (Å²) in [6.07, 6.45) is 3.77. The Bertz CT molecular complexity index is 1360. The number of carbonyl (C=O) groups is 2. The molecule has 0 radical (unpaired) electrons. The topological polar surface area (TPSA) is 56.0 Å². The number of nitrogens with zero attached hydrogens (tertiary/aromatic N) is 2. The summed E-state index contributed by atoms with van der Waals surface area (Å²) in [5, 5.41) is 4.83. The van der Waals surface area contributed by atoms with Gasteiger partial charge < -0.3 is 9.13 Å². The summed E-state index contributed by atoms with van der Waals surface area (Å²) in [5.74, 6) is -0.768. The van der Waals surface area contributed by atoms with E-state index in [1.807, 2.05) is 78.1 Å². The Morgan fingerprint density at radius 1 is 0.786 bits per heavy atom. The number of aryl methyl sites for hydroxylation is 2. The molecule has 0 saturated carbocycles. The molecule has 5 rings (SSSR count). The molecule has 0 spiro atoms. The number of para-hydroxylation sites is 1. The van der Waals surface area contributed by atoms with Gasteiger partial charge in [0.1, 0.15) is 0 Å². The van der Waals surface area contributed by atoms with Crippen LogP contribution in [-0.2, 0) is 23.7 Å². The van der Waals surface area contributed by atoms with Crippen molar-refractivity contribution < 1.29 is 9.59 Å². The Morgan fingerprint density at radius 2 is 1.36 bits per heavy atom. The van der Waals surface area contributed by atoms with E-state index >= 15 is 0 Å². The average Bonchev–Trinajstić information content (AvgIpc) is 3.26. The van der Waals surface area contributed by atoms with Crippen molar-refractivity contribution in [3.8, 4) is 0 Å². The van der Waals surface area contributed by atoms with E-state index in [0.29, 0.717) is 21.7 Å². The summed E-state index contributed by atoms with van der Waals surface area (Å²) < 4.78 is 3.90. The Labute approximate surface area is 165 Å². The highest BCUT2D eigenvalue weighted by molar-refractivity contribution is 6.51. The van der Waals surface area contributed by atoms with Gasteiger partial charge in [-0.25, -0.2) is 0 Å². The van der Waals surface area contributed by atoms with E-state index in [1.165, 1.54) is 0 Å². The lowest BCUT2D eigenvalue weighted by Crippen LogP contribution is -2.22. The highest BCUT2D eigenvalue weighted by Gasteiger charge is 2.35. The van der Waals surface area contributed by atoms with Gasteiger partial charge in [-0.2, -0.15) is 0 Å². The van der Waals surface area contributed by atoms with E-state index in [-0.39, 0.29) is 11.8 Å². The lowest BCUT2D eigenvalue weighted by molar-refractivity contribution is -0.122. The van der Waals surface area contributed by atoms with Gasteiger partial charge in [-0.05, 0) is 24.3 Å². The van der Waals surface area contributed by atoms with Crippen LogP contribution in [0.15, 0.2) is 54.9 Å². The van der Waals surface area contributed by atoms with Gasteiger partial charge in [0.2, 0.25) is 0 Å². The summed E-state index contributed by atoms with van der Waals surface area (Å²) in [7, 11) is 3.84. The van der Waals surface area contributed by atoms with Crippen LogP contribution >= 0.6 is 11.6 Å². The SMILES string of the molecule is Cn1cc(C2=C(c3cn(C)c4ccc(Cl)cc34)C(=O)NC2=O)c2ccccc21. The molecule has 0 saturated heterocycles. The second-order valence-corrected chi connectivity index (χ2v) is 7.46. The fourth-order valence-electron chi connectivity index (χ4n) is 4.07. The van der Waals surface area contributed by atoms with Crippen LogP contribution in [0.25, 0.3) is 33.0 Å². The first-order valence-electron chi connectivity index (χ1n) is 8.85. The molecule has 1 N–H and O–H groups in total. The molecule has 2 aromatic heterocycles. The molecule has 0 bridgehead atoms. The molecule has 5 nitrogen and oxygen atoms in total. The normalized spacial score (nSPS) is 14.5. The Hall–Kier alpha value is -3.31. The molecule has 6 heteroatoms. The minimum absolute atomic E-state index is 0.379. The van der Waals surface area contributed by atoms with E-state index in [9.17, 15) is 9.59 Å². The summed E-state index contributed by atoms with van der Waals surface area (Å²) in [5.41, 5.74) is 4.17. The minimum Gasteiger partial charge on any atom is -0.350 e. The molecule has 1 aliphatic rings. The standard InChI is InChI=1S/C22H16ClN3O2/c1-25-10-15(13-5-3-4-6-17(13)25)19-20(22(28)24-21(19)27)16-11-26(2)18-8-7-12(23)9-14(16)18/h3-11H,1-2H3,(H,24,27,28). The Balaban J connectivity index is 1.88. The number of imide groups is 1. The van der Waals surface area contributed by atoms with Crippen LogP contribution in [0.2, 0.25) is 5.02 Å². The summed E-state index contributed by atoms with van der Waals surface area (Å²) in [6.45, 7) is 0. The minimum atomic E-state index is -0.389. The average molecular weight is 390 g/mol. The molecular formula is C22H16ClN3O2. The van der Waals surface area contributed by atoms with Crippen molar-refractivity contribution in [3.63, 3.8) is 0 Å². The van der Waals surface area contributed by atoms with Gasteiger partial charge in [0.15, 0.2) is 0 Å². The zero-order valence-corrected chi connectivity index (χ0v) is 16.0. The lowest BCUT2D eigenvalue weighted by atomic mass is 9.95. The molecule has 28 heavy (non-hydrogen) atoms. The highest BCUT2D eigenvalue weighted by Crippen LogP contribution is 2.39. The molecule has 2 aromatic carbocycles.